The minimum Gasteiger partial charge on any atom is -0.481 e. The van der Waals surface area contributed by atoms with Crippen molar-refractivity contribution in [2.45, 2.75) is 39.8 Å². The van der Waals surface area contributed by atoms with Crippen molar-refractivity contribution in [3.8, 4) is 11.9 Å². The van der Waals surface area contributed by atoms with E-state index in [-0.39, 0.29) is 11.5 Å². The molecule has 0 saturated heterocycles. The van der Waals surface area contributed by atoms with Crippen LogP contribution < -0.4 is 26.3 Å². The van der Waals surface area contributed by atoms with E-state index >= 15 is 0 Å². The number of alkyl halides is 1. The molecule has 0 bridgehead atoms. The van der Waals surface area contributed by atoms with Crippen molar-refractivity contribution in [3.63, 3.8) is 0 Å². The third-order valence-electron chi connectivity index (χ3n) is 7.08. The Morgan fingerprint density at radius 2 is 1.98 bits per heavy atom. The topological polar surface area (TPSA) is 110 Å². The molecule has 42 heavy (non-hydrogen) atoms. The van der Waals surface area contributed by atoms with E-state index in [0.29, 0.717) is 39.9 Å². The number of nitrogens with one attached hydrogen (secondary N) is 4. The van der Waals surface area contributed by atoms with Gasteiger partial charge in [-0.25, -0.2) is 9.37 Å². The second-order valence-electron chi connectivity index (χ2n) is 11.5. The van der Waals surface area contributed by atoms with Gasteiger partial charge in [-0.2, -0.15) is 5.26 Å². The fourth-order valence-electron chi connectivity index (χ4n) is 4.88. The van der Waals surface area contributed by atoms with Crippen LogP contribution in [-0.4, -0.2) is 41.3 Å². The number of aromatic nitrogens is 2. The quantitative estimate of drug-likeness (QED) is 0.175. The molecule has 2 aromatic carbocycles. The highest BCUT2D eigenvalue weighted by molar-refractivity contribution is 6.35. The summed E-state index contributed by atoms with van der Waals surface area (Å²) in [4.78, 5) is 8.86. The third-order valence-corrected chi connectivity index (χ3v) is 7.36. The second-order valence-corrected chi connectivity index (χ2v) is 11.9. The SMILES string of the molecule is COc1nccc2c([C@H](Nc3cc(Cl)c4ncc(C#N)c(NCC(C)(C)C)c4c3)C3=CN([C@@H](C)CF)NN3)cccc12. The fourth-order valence-corrected chi connectivity index (χ4v) is 5.15. The van der Waals surface area contributed by atoms with E-state index in [0.717, 1.165) is 27.4 Å². The molecule has 0 saturated carbocycles. The first-order valence-corrected chi connectivity index (χ1v) is 14.0. The number of hydrogen-bond acceptors (Lipinski definition) is 9. The summed E-state index contributed by atoms with van der Waals surface area (Å²) in [7, 11) is 1.59. The molecule has 218 valence electrons. The average molecular weight is 589 g/mol. The molecule has 2 aromatic heterocycles. The van der Waals surface area contributed by atoms with Crippen LogP contribution in [0.15, 0.2) is 60.7 Å². The lowest BCUT2D eigenvalue weighted by atomic mass is 9.96. The van der Waals surface area contributed by atoms with E-state index in [4.69, 9.17) is 16.3 Å². The smallest absolute Gasteiger partial charge is 0.221 e. The van der Waals surface area contributed by atoms with Crippen LogP contribution >= 0.6 is 11.6 Å². The van der Waals surface area contributed by atoms with Gasteiger partial charge in [0.05, 0.1) is 46.7 Å². The Morgan fingerprint density at radius 1 is 1.17 bits per heavy atom. The van der Waals surface area contributed by atoms with Gasteiger partial charge in [-0.05, 0) is 47.6 Å². The van der Waals surface area contributed by atoms with Crippen LogP contribution in [-0.2, 0) is 0 Å². The van der Waals surface area contributed by atoms with Gasteiger partial charge in [0.1, 0.15) is 12.7 Å². The number of nitrogens with zero attached hydrogens (tertiary/aromatic N) is 4. The normalized spacial score (nSPS) is 14.7. The van der Waals surface area contributed by atoms with E-state index in [1.807, 2.05) is 42.6 Å². The molecule has 9 nitrogen and oxygen atoms in total. The van der Waals surface area contributed by atoms with Crippen molar-refractivity contribution in [2.24, 2.45) is 5.41 Å². The standard InChI is InChI=1S/C31H34ClFN8O/c1-18(13-33)41-16-26(39-40-41)29(22-7-6-8-23-21(22)9-10-35-30(23)42-5)38-20-11-24-27(37-17-31(2,3)4)19(14-34)15-36-28(24)25(32)12-20/h6-12,15-16,18,29,38-40H,13,17H2,1-5H3,(H,36,37)/t18-,29-/m0/s1. The predicted molar refractivity (Wildman–Crippen MR) is 166 cm³/mol. The van der Waals surface area contributed by atoms with Gasteiger partial charge >= 0.3 is 0 Å². The Hall–Kier alpha value is -4.33. The molecular weight excluding hydrogens is 555 g/mol. The Balaban J connectivity index is 1.65. The monoisotopic (exact) mass is 588 g/mol. The van der Waals surface area contributed by atoms with Crippen molar-refractivity contribution < 1.29 is 9.13 Å². The fraction of sp³-hybridized carbons (Fsp3) is 0.323. The summed E-state index contributed by atoms with van der Waals surface area (Å²) in [5, 5.41) is 21.6. The summed E-state index contributed by atoms with van der Waals surface area (Å²) < 4.78 is 19.1. The lowest BCUT2D eigenvalue weighted by Gasteiger charge is -2.24. The van der Waals surface area contributed by atoms with Crippen molar-refractivity contribution >= 4 is 44.7 Å². The molecule has 0 fully saturated rings. The van der Waals surface area contributed by atoms with Crippen LogP contribution in [0.2, 0.25) is 5.02 Å². The van der Waals surface area contributed by atoms with Crippen molar-refractivity contribution in [2.75, 3.05) is 31.0 Å². The maximum atomic E-state index is 13.5. The highest BCUT2D eigenvalue weighted by Gasteiger charge is 2.27. The highest BCUT2D eigenvalue weighted by atomic mass is 35.5. The first-order valence-electron chi connectivity index (χ1n) is 13.7. The van der Waals surface area contributed by atoms with Gasteiger partial charge in [0.2, 0.25) is 5.88 Å². The lowest BCUT2D eigenvalue weighted by molar-refractivity contribution is 0.178. The number of methoxy groups -OCH3 is 1. The van der Waals surface area contributed by atoms with Crippen molar-refractivity contribution in [1.82, 2.24) is 25.9 Å². The zero-order chi connectivity index (χ0) is 30.0. The van der Waals surface area contributed by atoms with Gasteiger partial charge in [-0.15, -0.1) is 5.53 Å². The van der Waals surface area contributed by atoms with Crippen LogP contribution in [0.5, 0.6) is 5.88 Å². The second kappa shape index (κ2) is 11.9. The van der Waals surface area contributed by atoms with E-state index in [2.05, 4.69) is 58.4 Å². The number of hydrazine groups is 2. The summed E-state index contributed by atoms with van der Waals surface area (Å²) in [6.45, 7) is 8.29. The van der Waals surface area contributed by atoms with Gasteiger partial charge in [0, 0.05) is 41.6 Å². The minimum absolute atomic E-state index is 0.0203. The molecule has 0 amide bonds. The number of benzene rings is 2. The summed E-state index contributed by atoms with van der Waals surface area (Å²) in [5.74, 6) is 0.519. The van der Waals surface area contributed by atoms with Gasteiger partial charge < -0.3 is 20.8 Å². The summed E-state index contributed by atoms with van der Waals surface area (Å²) in [6, 6.07) is 13.1. The predicted octanol–water partition coefficient (Wildman–Crippen LogP) is 6.45. The van der Waals surface area contributed by atoms with E-state index in [1.54, 1.807) is 31.4 Å². The van der Waals surface area contributed by atoms with Gasteiger partial charge in [0.25, 0.3) is 0 Å². The van der Waals surface area contributed by atoms with Gasteiger partial charge in [-0.1, -0.05) is 44.5 Å². The molecule has 1 aliphatic rings. The van der Waals surface area contributed by atoms with Gasteiger partial charge in [-0.3, -0.25) is 9.99 Å². The third kappa shape index (κ3) is 5.84. The first kappa shape index (κ1) is 29.2. The molecule has 0 unspecified atom stereocenters. The number of pyridine rings is 2. The summed E-state index contributed by atoms with van der Waals surface area (Å²) >= 11 is 6.80. The van der Waals surface area contributed by atoms with E-state index in [9.17, 15) is 9.65 Å². The van der Waals surface area contributed by atoms with E-state index < -0.39 is 12.7 Å². The van der Waals surface area contributed by atoms with Crippen molar-refractivity contribution in [3.05, 3.63) is 76.8 Å². The Morgan fingerprint density at radius 3 is 2.69 bits per heavy atom. The molecule has 3 heterocycles. The number of hydrogen-bond donors (Lipinski definition) is 4. The molecule has 4 N–H and O–H groups in total. The number of ether oxygens (including phenoxy) is 1. The number of fused-ring (bicyclic) bond motifs is 2. The first-order chi connectivity index (χ1) is 20.1. The van der Waals surface area contributed by atoms with Crippen LogP contribution in [0.25, 0.3) is 21.7 Å². The minimum atomic E-state index is -0.521. The zero-order valence-corrected chi connectivity index (χ0v) is 25.0. The molecule has 4 aromatic rings. The number of nitriles is 1. The summed E-state index contributed by atoms with van der Waals surface area (Å²) in [5.41, 5.74) is 10.4. The number of halogens is 2. The molecule has 1 aliphatic heterocycles. The molecule has 5 rings (SSSR count). The van der Waals surface area contributed by atoms with Crippen LogP contribution in [0, 0.1) is 16.7 Å². The number of anilines is 2. The van der Waals surface area contributed by atoms with Crippen LogP contribution in [0.1, 0.15) is 44.9 Å². The highest BCUT2D eigenvalue weighted by Crippen LogP contribution is 2.38. The zero-order valence-electron chi connectivity index (χ0n) is 24.2. The average Bonchev–Trinajstić information content (AvgIpc) is 3.47. The van der Waals surface area contributed by atoms with E-state index in [1.165, 1.54) is 0 Å². The molecule has 11 heteroatoms. The molecular formula is C31H34ClFN8O. The molecule has 2 atom stereocenters. The van der Waals surface area contributed by atoms with Crippen LogP contribution in [0.3, 0.4) is 0 Å². The Kier molecular flexibility index (Phi) is 8.25. The molecule has 0 spiro atoms. The Bertz CT molecular complexity index is 1700. The maximum absolute atomic E-state index is 13.5. The van der Waals surface area contributed by atoms with Crippen molar-refractivity contribution in [1.29, 1.82) is 5.26 Å². The molecule has 0 radical (unpaired) electrons. The van der Waals surface area contributed by atoms with Crippen LogP contribution in [0.4, 0.5) is 15.8 Å². The lowest BCUT2D eigenvalue weighted by Crippen LogP contribution is -2.43. The number of rotatable bonds is 9. The largest absolute Gasteiger partial charge is 0.481 e. The Labute approximate surface area is 249 Å². The maximum Gasteiger partial charge on any atom is 0.221 e. The van der Waals surface area contributed by atoms with Gasteiger partial charge in [0.15, 0.2) is 0 Å². The summed E-state index contributed by atoms with van der Waals surface area (Å²) in [6.07, 6.45) is 5.11. The molecule has 0 aliphatic carbocycles.